The van der Waals surface area contributed by atoms with Gasteiger partial charge in [-0.15, -0.1) is 0 Å². The number of carbonyl (C=O) groups is 1. The molecule has 7 rings (SSSR count). The molecule has 12 heteroatoms. The molecule has 53 heavy (non-hydrogen) atoms. The second kappa shape index (κ2) is 13.5. The molecule has 0 aromatic rings. The van der Waals surface area contributed by atoms with Gasteiger partial charge < -0.3 is 57.1 Å². The molecule has 4 fully saturated rings. The van der Waals surface area contributed by atoms with E-state index in [1.807, 2.05) is 39.2 Å². The number of nitrogens with one attached hydrogen (secondary N) is 3. The van der Waals surface area contributed by atoms with Gasteiger partial charge in [-0.25, -0.2) is 0 Å². The zero-order chi connectivity index (χ0) is 38.5. The van der Waals surface area contributed by atoms with Crippen molar-refractivity contribution in [3.05, 3.63) is 47.3 Å². The van der Waals surface area contributed by atoms with Crippen molar-refractivity contribution in [2.75, 3.05) is 26.7 Å². The van der Waals surface area contributed by atoms with Gasteiger partial charge in [0.1, 0.15) is 6.10 Å². The number of hydrogen-bond donors (Lipinski definition) is 10. The van der Waals surface area contributed by atoms with Crippen LogP contribution in [0.15, 0.2) is 47.3 Å². The Kier molecular flexibility index (Phi) is 9.98. The second-order valence-corrected chi connectivity index (χ2v) is 18.7. The predicted octanol–water partition coefficient (Wildman–Crippen LogP) is 0.972. The van der Waals surface area contributed by atoms with E-state index in [1.54, 1.807) is 13.8 Å². The van der Waals surface area contributed by atoms with E-state index < -0.39 is 75.7 Å². The number of fused-ring (bicyclic) bond motifs is 2. The van der Waals surface area contributed by atoms with Crippen molar-refractivity contribution in [1.29, 1.82) is 0 Å². The third-order valence-electron chi connectivity index (χ3n) is 15.4. The molecule has 3 saturated carbocycles. The minimum atomic E-state index is -1.66. The Hall–Kier alpha value is -2.13. The van der Waals surface area contributed by atoms with E-state index in [0.717, 1.165) is 5.57 Å². The van der Waals surface area contributed by atoms with Crippen LogP contribution in [0.3, 0.4) is 0 Å². The lowest BCUT2D eigenvalue weighted by Crippen LogP contribution is -2.70. The van der Waals surface area contributed by atoms with Crippen LogP contribution in [0, 0.1) is 51.8 Å². The maximum atomic E-state index is 15.2. The third-order valence-corrected chi connectivity index (χ3v) is 15.4. The van der Waals surface area contributed by atoms with Gasteiger partial charge in [-0.3, -0.25) is 4.79 Å². The van der Waals surface area contributed by atoms with Crippen LogP contribution in [0.2, 0.25) is 0 Å². The highest BCUT2D eigenvalue weighted by atomic mass is 16.5. The molecule has 0 radical (unpaired) electrons. The molecule has 0 aromatic heterocycles. The first kappa shape index (κ1) is 39.1. The first-order valence-corrected chi connectivity index (χ1v) is 19.9. The van der Waals surface area contributed by atoms with Crippen molar-refractivity contribution < 1.29 is 40.2 Å². The molecule has 0 aromatic carbocycles. The fourth-order valence-electron chi connectivity index (χ4n) is 12.8. The normalized spacial score (nSPS) is 48.5. The van der Waals surface area contributed by atoms with E-state index in [-0.39, 0.29) is 61.2 Å². The summed E-state index contributed by atoms with van der Waals surface area (Å²) < 4.78 is 6.09. The number of aliphatic hydroxyl groups is 6. The Bertz CT molecular complexity index is 1580. The maximum Gasteiger partial charge on any atom is 0.182 e. The van der Waals surface area contributed by atoms with Crippen molar-refractivity contribution in [3.63, 3.8) is 0 Å². The van der Waals surface area contributed by atoms with Crippen LogP contribution in [0.1, 0.15) is 73.1 Å². The lowest BCUT2D eigenvalue weighted by Gasteiger charge is -2.67. The van der Waals surface area contributed by atoms with Gasteiger partial charge in [0.2, 0.25) is 0 Å². The second-order valence-electron chi connectivity index (χ2n) is 18.7. The number of Topliss-reactive ketones (excluding diaryl/α,β-unsaturated/α-hetero) is 1. The number of allylic oxidation sites excluding steroid dienone is 4. The summed E-state index contributed by atoms with van der Waals surface area (Å²) in [5.41, 5.74) is 2.05. The highest BCUT2D eigenvalue weighted by Gasteiger charge is 2.76. The quantitative estimate of drug-likeness (QED) is 0.150. The molecule has 2 heterocycles. The minimum absolute atomic E-state index is 0.0182. The first-order valence-electron chi connectivity index (χ1n) is 19.9. The van der Waals surface area contributed by atoms with E-state index in [0.29, 0.717) is 38.0 Å². The molecular formula is C41H64N4O8. The lowest BCUT2D eigenvalue weighted by molar-refractivity contribution is -0.212. The molecule has 7 aliphatic rings. The van der Waals surface area contributed by atoms with Crippen LogP contribution in [0.4, 0.5) is 0 Å². The summed E-state index contributed by atoms with van der Waals surface area (Å²) >= 11 is 0. The van der Waals surface area contributed by atoms with Crippen LogP contribution in [-0.4, -0.2) is 111 Å². The number of nitrogens with two attached hydrogens (primary N) is 1. The number of hydrogen-bond acceptors (Lipinski definition) is 12. The van der Waals surface area contributed by atoms with Crippen LogP contribution in [0.25, 0.3) is 0 Å². The largest absolute Gasteiger partial charge is 0.392 e. The van der Waals surface area contributed by atoms with Crippen LogP contribution in [-0.2, 0) is 9.53 Å². The van der Waals surface area contributed by atoms with E-state index >= 15 is 4.79 Å². The Balaban J connectivity index is 1.47. The van der Waals surface area contributed by atoms with Gasteiger partial charge in [0.05, 0.1) is 47.5 Å². The molecule has 1 spiro atoms. The predicted molar refractivity (Wildman–Crippen MR) is 199 cm³/mol. The zero-order valence-corrected chi connectivity index (χ0v) is 32.3. The van der Waals surface area contributed by atoms with Crippen molar-refractivity contribution >= 4 is 5.78 Å². The monoisotopic (exact) mass is 740 g/mol. The van der Waals surface area contributed by atoms with E-state index in [9.17, 15) is 30.6 Å². The summed E-state index contributed by atoms with van der Waals surface area (Å²) in [6.45, 7) is 10.5. The van der Waals surface area contributed by atoms with Gasteiger partial charge in [0, 0.05) is 54.5 Å². The molecule has 2 aliphatic heterocycles. The number of rotatable bonds is 9. The lowest BCUT2D eigenvalue weighted by atomic mass is 9.37. The summed E-state index contributed by atoms with van der Waals surface area (Å²) in [6, 6.07) is 0. The summed E-state index contributed by atoms with van der Waals surface area (Å²) in [6.07, 6.45) is 6.99. The minimum Gasteiger partial charge on any atom is -0.392 e. The van der Waals surface area contributed by atoms with E-state index in [1.165, 1.54) is 0 Å². The Morgan fingerprint density at radius 3 is 2.53 bits per heavy atom. The van der Waals surface area contributed by atoms with Crippen LogP contribution in [0.5, 0.6) is 0 Å². The number of dihydropyridines is 1. The summed E-state index contributed by atoms with van der Waals surface area (Å²) in [5.74, 6) is -1.90. The Labute approximate surface area is 314 Å². The molecule has 1 saturated heterocycles. The highest BCUT2D eigenvalue weighted by Crippen LogP contribution is 2.75. The SMILES string of the molecule is CNCC12C=CC(C3=CNC(N)C=C3)CC34CC(O)C(O)CC3C(=O)C(NCC(C)O)=C(C14)C1(O)CCC(C(C)(O)C(O)C3OCC(C)C3C)C1(C)C2. The summed E-state index contributed by atoms with van der Waals surface area (Å²) in [5, 5.41) is 81.6. The molecule has 296 valence electrons. The van der Waals surface area contributed by atoms with Gasteiger partial charge in [-0.05, 0) is 99.8 Å². The average Bonchev–Trinajstić information content (AvgIpc) is 3.52. The molecule has 17 unspecified atom stereocenters. The first-order chi connectivity index (χ1) is 24.9. The molecule has 11 N–H and O–H groups in total. The van der Waals surface area contributed by atoms with E-state index in [2.05, 4.69) is 35.0 Å². The number of carbonyl (C=O) groups excluding carboxylic acids is 1. The topological polar surface area (TPSA) is 210 Å². The van der Waals surface area contributed by atoms with E-state index in [4.69, 9.17) is 10.5 Å². The fourth-order valence-corrected chi connectivity index (χ4v) is 12.8. The summed E-state index contributed by atoms with van der Waals surface area (Å²) in [7, 11) is 1.89. The number of ether oxygens (including phenoxy) is 1. The zero-order valence-electron chi connectivity index (χ0n) is 32.3. The molecule has 0 amide bonds. The van der Waals surface area contributed by atoms with Crippen molar-refractivity contribution in [1.82, 2.24) is 16.0 Å². The smallest absolute Gasteiger partial charge is 0.182 e. The molecule has 0 bridgehead atoms. The molecule has 12 nitrogen and oxygen atoms in total. The molecule has 17 atom stereocenters. The van der Waals surface area contributed by atoms with Gasteiger partial charge >= 0.3 is 0 Å². The number of ketones is 1. The van der Waals surface area contributed by atoms with Crippen molar-refractivity contribution in [3.8, 4) is 0 Å². The van der Waals surface area contributed by atoms with Gasteiger partial charge in [-0.2, -0.15) is 0 Å². The highest BCUT2D eigenvalue weighted by molar-refractivity contribution is 6.00. The van der Waals surface area contributed by atoms with Crippen molar-refractivity contribution in [2.45, 2.75) is 121 Å². The maximum absolute atomic E-state index is 15.2. The summed E-state index contributed by atoms with van der Waals surface area (Å²) in [4.78, 5) is 15.2. The van der Waals surface area contributed by atoms with Gasteiger partial charge in [-0.1, -0.05) is 39.0 Å². The average molecular weight is 741 g/mol. The van der Waals surface area contributed by atoms with Crippen molar-refractivity contribution in [2.24, 2.45) is 57.5 Å². The Morgan fingerprint density at radius 2 is 1.91 bits per heavy atom. The standard InChI is InChI=1S/C41H64N4O8/c1-21-18-53-34(23(21)3)36(50)38(5,51)29-10-12-41(52)31-32(45-16-22(2)46)33(49)26-13-27(47)28(48)15-40(26)14-24(25-7-8-30(42)44-17-25)9-11-39(20-43-6,35(31)40)19-37(29,41)4/h7-9,11,17,21-24,26-30,34-36,43-48,50-52H,10,12-16,18-20,42H2,1-6H3. The molecular weight excluding hydrogens is 676 g/mol. The third kappa shape index (κ3) is 5.76. The Morgan fingerprint density at radius 1 is 1.17 bits per heavy atom. The fraction of sp³-hybridized carbons (Fsp3) is 0.780. The van der Waals surface area contributed by atoms with Gasteiger partial charge in [0.15, 0.2) is 5.78 Å². The van der Waals surface area contributed by atoms with Crippen LogP contribution >= 0.6 is 0 Å². The van der Waals surface area contributed by atoms with Gasteiger partial charge in [0.25, 0.3) is 0 Å². The molecule has 5 aliphatic carbocycles. The van der Waals surface area contributed by atoms with Crippen LogP contribution < -0.4 is 21.7 Å². The number of aliphatic hydroxyl groups excluding tert-OH is 4.